The highest BCUT2D eigenvalue weighted by molar-refractivity contribution is 7.98. The van der Waals surface area contributed by atoms with Crippen LogP contribution in [0.15, 0.2) is 27.8 Å². The van der Waals surface area contributed by atoms with E-state index in [1.54, 1.807) is 4.52 Å². The largest absolute Gasteiger partial charge is 0.475 e. The minimum atomic E-state index is -0.328. The third kappa shape index (κ3) is 5.54. The van der Waals surface area contributed by atoms with Crippen molar-refractivity contribution in [3.63, 3.8) is 0 Å². The van der Waals surface area contributed by atoms with Crippen molar-refractivity contribution < 1.29 is 23.4 Å². The quantitative estimate of drug-likeness (QED) is 0.376. The van der Waals surface area contributed by atoms with Crippen LogP contribution in [-0.4, -0.2) is 69.1 Å². The first kappa shape index (κ1) is 21.6. The van der Waals surface area contributed by atoms with Crippen LogP contribution in [-0.2, 0) is 27.4 Å². The van der Waals surface area contributed by atoms with Crippen LogP contribution >= 0.6 is 11.8 Å². The molecule has 1 fully saturated rings. The van der Waals surface area contributed by atoms with Crippen molar-refractivity contribution in [3.05, 3.63) is 35.4 Å². The predicted octanol–water partition coefficient (Wildman–Crippen LogP) is 2.09. The van der Waals surface area contributed by atoms with Crippen LogP contribution in [0.2, 0.25) is 0 Å². The van der Waals surface area contributed by atoms with Crippen molar-refractivity contribution in [3.8, 4) is 5.88 Å². The van der Waals surface area contributed by atoms with E-state index in [0.29, 0.717) is 48.9 Å². The van der Waals surface area contributed by atoms with E-state index in [1.807, 2.05) is 31.4 Å². The molecule has 0 saturated carbocycles. The van der Waals surface area contributed by atoms with Gasteiger partial charge in [0.05, 0.1) is 13.2 Å². The fraction of sp³-hybridized carbons (Fsp3) is 0.500. The first-order valence-electron chi connectivity index (χ1n) is 9.96. The molecule has 0 aromatic carbocycles. The minimum Gasteiger partial charge on any atom is -0.475 e. The standard InChI is InChI=1S/C20H25N5O5S/c1-13-8-18(25-19(21-13)22-20(23-25)31-3)29-12-17-10-24(6-7-27-17)9-15-4-5-16(30-15)11-28-14(2)26/h4-5,8,17H,6-7,9-12H2,1-3H3. The Morgan fingerprint density at radius 1 is 1.32 bits per heavy atom. The van der Waals surface area contributed by atoms with Crippen LogP contribution < -0.4 is 4.74 Å². The number of thioether (sulfide) groups is 1. The van der Waals surface area contributed by atoms with E-state index in [9.17, 15) is 4.79 Å². The number of carbonyl (C=O) groups excluding carboxylic acids is 1. The van der Waals surface area contributed by atoms with Crippen molar-refractivity contribution in [2.45, 2.75) is 38.3 Å². The zero-order valence-corrected chi connectivity index (χ0v) is 18.6. The Morgan fingerprint density at radius 3 is 2.97 bits per heavy atom. The van der Waals surface area contributed by atoms with E-state index in [1.165, 1.54) is 18.7 Å². The lowest BCUT2D eigenvalue weighted by atomic mass is 10.2. The highest BCUT2D eigenvalue weighted by Crippen LogP contribution is 2.19. The number of carbonyl (C=O) groups is 1. The van der Waals surface area contributed by atoms with Crippen molar-refractivity contribution in [1.82, 2.24) is 24.5 Å². The molecule has 3 aromatic rings. The molecule has 3 aromatic heterocycles. The summed E-state index contributed by atoms with van der Waals surface area (Å²) in [4.78, 5) is 22.0. The van der Waals surface area contributed by atoms with E-state index in [0.717, 1.165) is 18.0 Å². The van der Waals surface area contributed by atoms with Gasteiger partial charge in [0.1, 0.15) is 30.8 Å². The molecule has 0 spiro atoms. The minimum absolute atomic E-state index is 0.0868. The Bertz CT molecular complexity index is 1050. The summed E-state index contributed by atoms with van der Waals surface area (Å²) in [5, 5.41) is 5.07. The molecule has 0 amide bonds. The molecule has 1 aliphatic heterocycles. The molecule has 4 heterocycles. The Balaban J connectivity index is 1.34. The second-order valence-corrected chi connectivity index (χ2v) is 8.01. The molecule has 1 saturated heterocycles. The van der Waals surface area contributed by atoms with E-state index in [-0.39, 0.29) is 18.7 Å². The molecule has 0 radical (unpaired) electrons. The maximum Gasteiger partial charge on any atom is 0.303 e. The summed E-state index contributed by atoms with van der Waals surface area (Å²) in [5.74, 6) is 2.24. The number of fused-ring (bicyclic) bond motifs is 1. The molecule has 0 bridgehead atoms. The van der Waals surface area contributed by atoms with Crippen molar-refractivity contribution >= 4 is 23.5 Å². The monoisotopic (exact) mass is 447 g/mol. The van der Waals surface area contributed by atoms with E-state index >= 15 is 0 Å². The first-order chi connectivity index (χ1) is 15.0. The molecule has 0 N–H and O–H groups in total. The maximum absolute atomic E-state index is 10.9. The summed E-state index contributed by atoms with van der Waals surface area (Å²) >= 11 is 1.46. The van der Waals surface area contributed by atoms with Crippen molar-refractivity contribution in [1.29, 1.82) is 0 Å². The van der Waals surface area contributed by atoms with Gasteiger partial charge in [-0.2, -0.15) is 9.50 Å². The van der Waals surface area contributed by atoms with Gasteiger partial charge in [-0.05, 0) is 25.3 Å². The summed E-state index contributed by atoms with van der Waals surface area (Å²) in [7, 11) is 0. The lowest BCUT2D eigenvalue weighted by Gasteiger charge is -2.32. The van der Waals surface area contributed by atoms with E-state index in [2.05, 4.69) is 20.0 Å². The molecule has 4 rings (SSSR count). The molecular formula is C20H25N5O5S. The maximum atomic E-state index is 10.9. The van der Waals surface area contributed by atoms with Crippen LogP contribution in [0, 0.1) is 6.92 Å². The van der Waals surface area contributed by atoms with E-state index < -0.39 is 0 Å². The van der Waals surface area contributed by atoms with Crippen LogP contribution in [0.3, 0.4) is 0 Å². The molecule has 166 valence electrons. The third-order valence-electron chi connectivity index (χ3n) is 4.73. The number of aromatic nitrogens is 4. The predicted molar refractivity (Wildman–Crippen MR) is 112 cm³/mol. The molecule has 1 aliphatic rings. The number of nitrogens with zero attached hydrogens (tertiary/aromatic N) is 5. The molecule has 1 atom stereocenters. The number of rotatable bonds is 8. The number of hydrogen-bond donors (Lipinski definition) is 0. The average Bonchev–Trinajstić information content (AvgIpc) is 3.37. The number of furan rings is 1. The van der Waals surface area contributed by atoms with Crippen LogP contribution in [0.25, 0.3) is 5.78 Å². The van der Waals surface area contributed by atoms with Gasteiger partial charge in [0.25, 0.3) is 5.78 Å². The Kier molecular flexibility index (Phi) is 6.73. The second kappa shape index (κ2) is 9.67. The van der Waals surface area contributed by atoms with Crippen LogP contribution in [0.5, 0.6) is 5.88 Å². The van der Waals surface area contributed by atoms with Crippen LogP contribution in [0.1, 0.15) is 24.1 Å². The number of ether oxygens (including phenoxy) is 3. The fourth-order valence-electron chi connectivity index (χ4n) is 3.31. The number of hydrogen-bond acceptors (Lipinski definition) is 10. The van der Waals surface area contributed by atoms with Gasteiger partial charge in [0.2, 0.25) is 11.0 Å². The highest BCUT2D eigenvalue weighted by atomic mass is 32.2. The van der Waals surface area contributed by atoms with Gasteiger partial charge in [-0.25, -0.2) is 4.98 Å². The molecule has 31 heavy (non-hydrogen) atoms. The SMILES string of the molecule is CSc1nc2nc(C)cc(OCC3CN(Cc4ccc(COC(C)=O)o4)CCO3)n2n1. The summed E-state index contributed by atoms with van der Waals surface area (Å²) in [5.41, 5.74) is 0.816. The van der Waals surface area contributed by atoms with Crippen molar-refractivity contribution in [2.75, 3.05) is 32.6 Å². The third-order valence-corrected chi connectivity index (χ3v) is 5.26. The summed E-state index contributed by atoms with van der Waals surface area (Å²) in [6.07, 6.45) is 1.83. The molecule has 1 unspecified atom stereocenters. The number of morpholine rings is 1. The highest BCUT2D eigenvalue weighted by Gasteiger charge is 2.23. The van der Waals surface area contributed by atoms with E-state index in [4.69, 9.17) is 18.6 Å². The summed E-state index contributed by atoms with van der Waals surface area (Å²) in [6, 6.07) is 5.58. The average molecular weight is 448 g/mol. The van der Waals surface area contributed by atoms with Gasteiger partial charge < -0.3 is 18.6 Å². The Morgan fingerprint density at radius 2 is 2.16 bits per heavy atom. The molecule has 0 aliphatic carbocycles. The normalized spacial score (nSPS) is 17.2. The lowest BCUT2D eigenvalue weighted by Crippen LogP contribution is -2.44. The van der Waals surface area contributed by atoms with Gasteiger partial charge in [-0.3, -0.25) is 9.69 Å². The van der Waals surface area contributed by atoms with Gasteiger partial charge >= 0.3 is 5.97 Å². The lowest BCUT2D eigenvalue weighted by molar-refractivity contribution is -0.142. The summed E-state index contributed by atoms with van der Waals surface area (Å²) < 4.78 is 24.3. The number of esters is 1. The zero-order chi connectivity index (χ0) is 21.8. The van der Waals surface area contributed by atoms with Crippen molar-refractivity contribution in [2.24, 2.45) is 0 Å². The van der Waals surface area contributed by atoms with Gasteiger partial charge in [0.15, 0.2) is 0 Å². The smallest absolute Gasteiger partial charge is 0.303 e. The number of aryl methyl sites for hydroxylation is 1. The molecule has 11 heteroatoms. The van der Waals surface area contributed by atoms with Crippen LogP contribution in [0.4, 0.5) is 0 Å². The van der Waals surface area contributed by atoms with Gasteiger partial charge in [0, 0.05) is 31.8 Å². The second-order valence-electron chi connectivity index (χ2n) is 7.23. The van der Waals surface area contributed by atoms with Gasteiger partial charge in [-0.15, -0.1) is 5.10 Å². The molecule has 10 nitrogen and oxygen atoms in total. The first-order valence-corrected chi connectivity index (χ1v) is 11.2. The Hall–Kier alpha value is -2.63. The summed E-state index contributed by atoms with van der Waals surface area (Å²) in [6.45, 7) is 6.59. The Labute approximate surface area is 183 Å². The zero-order valence-electron chi connectivity index (χ0n) is 17.7. The topological polar surface area (TPSA) is 104 Å². The molecular weight excluding hydrogens is 422 g/mol. The van der Waals surface area contributed by atoms with Gasteiger partial charge in [-0.1, -0.05) is 11.8 Å². The fourth-order valence-corrected chi connectivity index (χ4v) is 3.64.